The number of nitrogens with zero attached hydrogens (tertiary/aromatic N) is 3. The van der Waals surface area contributed by atoms with E-state index in [1.165, 1.54) is 0 Å². The molecule has 2 aromatic heterocycles. The van der Waals surface area contributed by atoms with Gasteiger partial charge in [0.2, 0.25) is 5.91 Å². The first-order valence-electron chi connectivity index (χ1n) is 7.61. The van der Waals surface area contributed by atoms with E-state index in [1.54, 1.807) is 0 Å². The van der Waals surface area contributed by atoms with Crippen LogP contribution in [-0.4, -0.2) is 44.5 Å². The van der Waals surface area contributed by atoms with Gasteiger partial charge in [-0.3, -0.25) is 4.79 Å². The highest BCUT2D eigenvalue weighted by molar-refractivity contribution is 5.79. The molecular weight excluding hydrogens is 266 g/mol. The van der Waals surface area contributed by atoms with Crippen LogP contribution in [0.5, 0.6) is 0 Å². The number of pyridine rings is 1. The molecule has 0 saturated carbocycles. The fraction of sp³-hybridized carbons (Fsp3) is 0.500. The van der Waals surface area contributed by atoms with Crippen LogP contribution < -0.4 is 0 Å². The number of carbonyl (C=O) groups excluding carboxylic acids is 1. The van der Waals surface area contributed by atoms with Gasteiger partial charge in [-0.2, -0.15) is 0 Å². The van der Waals surface area contributed by atoms with Gasteiger partial charge in [0.1, 0.15) is 5.65 Å². The predicted molar refractivity (Wildman–Crippen MR) is 80.0 cm³/mol. The van der Waals surface area contributed by atoms with E-state index in [0.29, 0.717) is 12.5 Å². The Bertz CT molecular complexity index is 590. The van der Waals surface area contributed by atoms with Crippen LogP contribution in [0.25, 0.3) is 5.65 Å². The average molecular weight is 287 g/mol. The predicted octanol–water partition coefficient (Wildman–Crippen LogP) is 1.64. The van der Waals surface area contributed by atoms with Gasteiger partial charge >= 0.3 is 0 Å². The van der Waals surface area contributed by atoms with Crippen LogP contribution in [0.1, 0.15) is 31.4 Å². The maximum atomic E-state index is 12.5. The summed E-state index contributed by atoms with van der Waals surface area (Å²) in [6.45, 7) is 1.03. The van der Waals surface area contributed by atoms with Crippen molar-refractivity contribution in [2.75, 3.05) is 13.2 Å². The SMILES string of the molecule is O=C(Cc1cn2ccccc2n1)N1CCCC1CCCO. The Morgan fingerprint density at radius 2 is 2.33 bits per heavy atom. The van der Waals surface area contributed by atoms with Crippen molar-refractivity contribution in [2.45, 2.75) is 38.1 Å². The van der Waals surface area contributed by atoms with E-state index in [0.717, 1.165) is 43.6 Å². The molecule has 21 heavy (non-hydrogen) atoms. The van der Waals surface area contributed by atoms with Gasteiger partial charge in [0, 0.05) is 31.6 Å². The van der Waals surface area contributed by atoms with E-state index < -0.39 is 0 Å². The van der Waals surface area contributed by atoms with Gasteiger partial charge in [-0.15, -0.1) is 0 Å². The number of amides is 1. The molecule has 1 aliphatic heterocycles. The van der Waals surface area contributed by atoms with E-state index in [1.807, 2.05) is 39.9 Å². The smallest absolute Gasteiger partial charge is 0.228 e. The van der Waals surface area contributed by atoms with Crippen LogP contribution in [0, 0.1) is 0 Å². The van der Waals surface area contributed by atoms with Crippen molar-refractivity contribution >= 4 is 11.6 Å². The molecule has 1 fully saturated rings. The molecule has 5 nitrogen and oxygen atoms in total. The highest BCUT2D eigenvalue weighted by atomic mass is 16.3. The monoisotopic (exact) mass is 287 g/mol. The lowest BCUT2D eigenvalue weighted by atomic mass is 10.1. The van der Waals surface area contributed by atoms with Crippen LogP contribution in [0.4, 0.5) is 0 Å². The van der Waals surface area contributed by atoms with Crippen LogP contribution >= 0.6 is 0 Å². The number of hydrogen-bond donors (Lipinski definition) is 1. The van der Waals surface area contributed by atoms with Gasteiger partial charge in [-0.25, -0.2) is 4.98 Å². The van der Waals surface area contributed by atoms with Gasteiger partial charge in [-0.05, 0) is 37.8 Å². The molecular formula is C16H21N3O2. The summed E-state index contributed by atoms with van der Waals surface area (Å²) in [5.41, 5.74) is 1.69. The van der Waals surface area contributed by atoms with Crippen LogP contribution in [0.15, 0.2) is 30.6 Å². The first kappa shape index (κ1) is 14.1. The highest BCUT2D eigenvalue weighted by Crippen LogP contribution is 2.22. The van der Waals surface area contributed by atoms with Crippen LogP contribution in [-0.2, 0) is 11.2 Å². The topological polar surface area (TPSA) is 57.8 Å². The van der Waals surface area contributed by atoms with Crippen molar-refractivity contribution < 1.29 is 9.90 Å². The minimum Gasteiger partial charge on any atom is -0.396 e. The fourth-order valence-corrected chi connectivity index (χ4v) is 3.12. The number of rotatable bonds is 5. The van der Waals surface area contributed by atoms with E-state index >= 15 is 0 Å². The molecule has 5 heteroatoms. The third kappa shape index (κ3) is 3.08. The zero-order chi connectivity index (χ0) is 14.7. The zero-order valence-electron chi connectivity index (χ0n) is 12.1. The second kappa shape index (κ2) is 6.26. The van der Waals surface area contributed by atoms with Gasteiger partial charge in [0.05, 0.1) is 12.1 Å². The number of hydrogen-bond acceptors (Lipinski definition) is 3. The van der Waals surface area contributed by atoms with E-state index in [-0.39, 0.29) is 12.5 Å². The van der Waals surface area contributed by atoms with Crippen molar-refractivity contribution in [3.8, 4) is 0 Å². The van der Waals surface area contributed by atoms with E-state index in [2.05, 4.69) is 4.98 Å². The molecule has 1 unspecified atom stereocenters. The van der Waals surface area contributed by atoms with E-state index in [9.17, 15) is 4.79 Å². The lowest BCUT2D eigenvalue weighted by molar-refractivity contribution is -0.131. The van der Waals surface area contributed by atoms with Crippen molar-refractivity contribution in [1.29, 1.82) is 0 Å². The molecule has 2 aromatic rings. The van der Waals surface area contributed by atoms with Crippen molar-refractivity contribution in [1.82, 2.24) is 14.3 Å². The number of aromatic nitrogens is 2. The molecule has 112 valence electrons. The Kier molecular flexibility index (Phi) is 4.20. The number of imidazole rings is 1. The highest BCUT2D eigenvalue weighted by Gasteiger charge is 2.28. The maximum Gasteiger partial charge on any atom is 0.228 e. The minimum atomic E-state index is 0.152. The number of carbonyl (C=O) groups is 1. The third-order valence-corrected chi connectivity index (χ3v) is 4.14. The van der Waals surface area contributed by atoms with Crippen molar-refractivity contribution in [3.05, 3.63) is 36.3 Å². The summed E-state index contributed by atoms with van der Waals surface area (Å²) < 4.78 is 1.94. The fourth-order valence-electron chi connectivity index (χ4n) is 3.12. The van der Waals surface area contributed by atoms with Gasteiger partial charge in [-0.1, -0.05) is 6.07 Å². The number of aliphatic hydroxyl groups excluding tert-OH is 1. The molecule has 1 amide bonds. The Hall–Kier alpha value is -1.88. The zero-order valence-corrected chi connectivity index (χ0v) is 12.1. The quantitative estimate of drug-likeness (QED) is 0.909. The second-order valence-electron chi connectivity index (χ2n) is 5.62. The molecule has 0 aromatic carbocycles. The third-order valence-electron chi connectivity index (χ3n) is 4.14. The van der Waals surface area contributed by atoms with Crippen molar-refractivity contribution in [3.63, 3.8) is 0 Å². The Labute approximate surface area is 124 Å². The number of fused-ring (bicyclic) bond motifs is 1. The first-order chi connectivity index (χ1) is 10.3. The summed E-state index contributed by atoms with van der Waals surface area (Å²) in [6, 6.07) is 6.13. The second-order valence-corrected chi connectivity index (χ2v) is 5.62. The first-order valence-corrected chi connectivity index (χ1v) is 7.61. The Morgan fingerprint density at radius 3 is 3.14 bits per heavy atom. The average Bonchev–Trinajstić information content (AvgIpc) is 3.10. The Morgan fingerprint density at radius 1 is 1.43 bits per heavy atom. The summed E-state index contributed by atoms with van der Waals surface area (Å²) in [4.78, 5) is 18.9. The van der Waals surface area contributed by atoms with Crippen LogP contribution in [0.2, 0.25) is 0 Å². The lowest BCUT2D eigenvalue weighted by Crippen LogP contribution is -2.36. The standard InChI is InChI=1S/C16H21N3O2/c20-10-4-6-14-5-3-9-19(14)16(21)11-13-12-18-8-2-1-7-15(18)17-13/h1-2,7-8,12,14,20H,3-6,9-11H2. The summed E-state index contributed by atoms with van der Waals surface area (Å²) in [5.74, 6) is 0.152. The van der Waals surface area contributed by atoms with Gasteiger partial charge in [0.25, 0.3) is 0 Å². The summed E-state index contributed by atoms with van der Waals surface area (Å²) >= 11 is 0. The molecule has 1 aliphatic rings. The molecule has 3 heterocycles. The van der Waals surface area contributed by atoms with Gasteiger partial charge in [0.15, 0.2) is 0 Å². The van der Waals surface area contributed by atoms with Crippen molar-refractivity contribution in [2.24, 2.45) is 0 Å². The molecule has 0 radical (unpaired) electrons. The lowest BCUT2D eigenvalue weighted by Gasteiger charge is -2.24. The van der Waals surface area contributed by atoms with Gasteiger partial charge < -0.3 is 14.4 Å². The molecule has 0 bridgehead atoms. The summed E-state index contributed by atoms with van der Waals surface area (Å²) in [6.07, 6.45) is 8.00. The molecule has 1 atom stereocenters. The largest absolute Gasteiger partial charge is 0.396 e. The molecule has 3 rings (SSSR count). The number of aliphatic hydroxyl groups is 1. The van der Waals surface area contributed by atoms with E-state index in [4.69, 9.17) is 5.11 Å². The normalized spacial score (nSPS) is 18.5. The molecule has 0 spiro atoms. The van der Waals surface area contributed by atoms with Crippen LogP contribution in [0.3, 0.4) is 0 Å². The molecule has 1 N–H and O–H groups in total. The maximum absolute atomic E-state index is 12.5. The summed E-state index contributed by atoms with van der Waals surface area (Å²) in [5, 5.41) is 8.95. The minimum absolute atomic E-state index is 0.152. The molecule has 1 saturated heterocycles. The summed E-state index contributed by atoms with van der Waals surface area (Å²) in [7, 11) is 0. The number of likely N-dealkylation sites (tertiary alicyclic amines) is 1. The molecule has 0 aliphatic carbocycles. The Balaban J connectivity index is 1.67.